The van der Waals surface area contributed by atoms with Crippen LogP contribution in [0.5, 0.6) is 0 Å². The van der Waals surface area contributed by atoms with Crippen molar-refractivity contribution in [3.05, 3.63) is 23.7 Å². The van der Waals surface area contributed by atoms with Crippen molar-refractivity contribution in [2.24, 2.45) is 22.7 Å². The molecule has 0 radical (unpaired) electrons. The zero-order chi connectivity index (χ0) is 16.6. The molecule has 124 valence electrons. The highest BCUT2D eigenvalue weighted by Crippen LogP contribution is 2.66. The maximum atomic E-state index is 12.7. The number of fused-ring (bicyclic) bond motifs is 5. The fraction of sp³-hybridized carbons (Fsp3) is 0.700. The summed E-state index contributed by atoms with van der Waals surface area (Å²) >= 11 is 0. The second kappa shape index (κ2) is 4.37. The van der Waals surface area contributed by atoms with Crippen molar-refractivity contribution >= 4 is 11.6 Å². The van der Waals surface area contributed by atoms with Gasteiger partial charge in [-0.3, -0.25) is 9.59 Å². The van der Waals surface area contributed by atoms with Crippen LogP contribution in [0, 0.1) is 22.7 Å². The van der Waals surface area contributed by atoms with Crippen LogP contribution in [-0.2, 0) is 10.2 Å². The predicted molar refractivity (Wildman–Crippen MR) is 87.4 cm³/mol. The molecule has 4 atom stereocenters. The van der Waals surface area contributed by atoms with Crippen LogP contribution < -0.4 is 0 Å². The first-order valence-electron chi connectivity index (χ1n) is 8.86. The van der Waals surface area contributed by atoms with E-state index in [1.54, 1.807) is 6.26 Å². The monoisotopic (exact) mass is 314 g/mol. The molecule has 2 fully saturated rings. The molecule has 0 spiro atoms. The van der Waals surface area contributed by atoms with Crippen molar-refractivity contribution in [3.63, 3.8) is 0 Å². The van der Waals surface area contributed by atoms with Crippen molar-refractivity contribution < 1.29 is 14.0 Å². The van der Waals surface area contributed by atoms with E-state index in [2.05, 4.69) is 27.7 Å². The van der Waals surface area contributed by atoms with Crippen LogP contribution in [0.15, 0.2) is 16.7 Å². The predicted octanol–water partition coefficient (Wildman–Crippen LogP) is 4.55. The first-order chi connectivity index (χ1) is 10.7. The van der Waals surface area contributed by atoms with E-state index < -0.39 is 0 Å². The fourth-order valence-corrected chi connectivity index (χ4v) is 6.35. The summed E-state index contributed by atoms with van der Waals surface area (Å²) in [7, 11) is 0. The highest BCUT2D eigenvalue weighted by atomic mass is 16.3. The van der Waals surface area contributed by atoms with Gasteiger partial charge in [0.2, 0.25) is 0 Å². The molecular formula is C20H26O3. The van der Waals surface area contributed by atoms with Crippen LogP contribution in [0.25, 0.3) is 0 Å². The molecule has 3 aliphatic carbocycles. The summed E-state index contributed by atoms with van der Waals surface area (Å²) in [5.74, 6) is 2.14. The minimum Gasteiger partial charge on any atom is -0.468 e. The minimum atomic E-state index is -0.277. The van der Waals surface area contributed by atoms with Gasteiger partial charge in [-0.15, -0.1) is 0 Å². The largest absolute Gasteiger partial charge is 0.468 e. The second-order valence-corrected chi connectivity index (χ2v) is 9.00. The third kappa shape index (κ3) is 1.71. The lowest BCUT2D eigenvalue weighted by molar-refractivity contribution is -0.153. The van der Waals surface area contributed by atoms with E-state index in [1.807, 2.05) is 6.07 Å². The molecule has 0 bridgehead atoms. The Morgan fingerprint density at radius 3 is 2.57 bits per heavy atom. The summed E-state index contributed by atoms with van der Waals surface area (Å²) in [4.78, 5) is 25.1. The normalized spacial score (nSPS) is 41.9. The van der Waals surface area contributed by atoms with E-state index in [0.29, 0.717) is 24.5 Å². The molecule has 3 aliphatic rings. The summed E-state index contributed by atoms with van der Waals surface area (Å²) in [6, 6.07) is 1.84. The molecule has 3 heteroatoms. The smallest absolute Gasteiger partial charge is 0.166 e. The molecule has 1 heterocycles. The zero-order valence-electron chi connectivity index (χ0n) is 14.6. The molecule has 4 rings (SSSR count). The van der Waals surface area contributed by atoms with Crippen molar-refractivity contribution in [2.75, 3.05) is 0 Å². The van der Waals surface area contributed by atoms with Crippen LogP contribution in [-0.4, -0.2) is 11.6 Å². The molecule has 0 N–H and O–H groups in total. The second-order valence-electron chi connectivity index (χ2n) is 9.00. The average Bonchev–Trinajstić information content (AvgIpc) is 2.97. The number of Topliss-reactive ketones (excluding diaryl/α,β-unsaturated/α-hetero) is 2. The number of furan rings is 1. The summed E-state index contributed by atoms with van der Waals surface area (Å²) in [6.45, 7) is 8.83. The van der Waals surface area contributed by atoms with Crippen molar-refractivity contribution in [1.29, 1.82) is 0 Å². The zero-order valence-corrected chi connectivity index (χ0v) is 14.6. The fourth-order valence-electron chi connectivity index (χ4n) is 6.35. The lowest BCUT2D eigenvalue weighted by atomic mass is 9.41. The van der Waals surface area contributed by atoms with E-state index in [9.17, 15) is 9.59 Å². The van der Waals surface area contributed by atoms with Crippen LogP contribution in [0.3, 0.4) is 0 Å². The first kappa shape index (κ1) is 15.2. The third-order valence-corrected chi connectivity index (χ3v) is 7.67. The molecule has 23 heavy (non-hydrogen) atoms. The Kier molecular flexibility index (Phi) is 2.88. The Morgan fingerprint density at radius 2 is 1.83 bits per heavy atom. The van der Waals surface area contributed by atoms with Gasteiger partial charge in [0.25, 0.3) is 0 Å². The van der Waals surface area contributed by atoms with Gasteiger partial charge in [-0.05, 0) is 42.6 Å². The Hall–Kier alpha value is -1.38. The highest BCUT2D eigenvalue weighted by molar-refractivity contribution is 5.99. The van der Waals surface area contributed by atoms with E-state index >= 15 is 0 Å². The molecule has 0 aliphatic heterocycles. The van der Waals surface area contributed by atoms with Crippen molar-refractivity contribution in [2.45, 2.75) is 65.2 Å². The molecule has 1 aromatic heterocycles. The third-order valence-electron chi connectivity index (χ3n) is 7.67. The van der Waals surface area contributed by atoms with Gasteiger partial charge in [0.05, 0.1) is 11.8 Å². The first-order valence-corrected chi connectivity index (χ1v) is 8.86. The van der Waals surface area contributed by atoms with Gasteiger partial charge in [0, 0.05) is 23.7 Å². The number of hydrogen-bond acceptors (Lipinski definition) is 3. The van der Waals surface area contributed by atoms with Crippen molar-refractivity contribution in [1.82, 2.24) is 0 Å². The molecule has 0 saturated heterocycles. The van der Waals surface area contributed by atoms with Crippen LogP contribution >= 0.6 is 0 Å². The van der Waals surface area contributed by atoms with E-state index in [4.69, 9.17) is 4.42 Å². The van der Waals surface area contributed by atoms with Crippen LogP contribution in [0.2, 0.25) is 0 Å². The van der Waals surface area contributed by atoms with Crippen LogP contribution in [0.1, 0.15) is 75.9 Å². The lowest BCUT2D eigenvalue weighted by Gasteiger charge is -2.62. The number of ketones is 2. The van der Waals surface area contributed by atoms with Gasteiger partial charge in [0.15, 0.2) is 5.78 Å². The number of hydrogen-bond donors (Lipinski definition) is 0. The summed E-state index contributed by atoms with van der Waals surface area (Å²) < 4.78 is 5.81. The maximum absolute atomic E-state index is 12.7. The van der Waals surface area contributed by atoms with Gasteiger partial charge in [-0.1, -0.05) is 27.7 Å². The molecule has 0 unspecified atom stereocenters. The highest BCUT2D eigenvalue weighted by Gasteiger charge is 2.63. The Bertz CT molecular complexity index is 697. The summed E-state index contributed by atoms with van der Waals surface area (Å²) in [6.07, 6.45) is 5.85. The number of carbonyl (C=O) groups is 2. The quantitative estimate of drug-likeness (QED) is 0.706. The SMILES string of the molecule is CC1(C)C(=O)CC[C@]2(C)[C@H]3CC(=O)c4ccoc4[C@]3(C)CC[C@@H]12. The van der Waals surface area contributed by atoms with E-state index in [0.717, 1.165) is 30.6 Å². The number of carbonyl (C=O) groups excluding carboxylic acids is 2. The summed E-state index contributed by atoms with van der Waals surface area (Å²) in [5, 5.41) is 0. The minimum absolute atomic E-state index is 0.0323. The van der Waals surface area contributed by atoms with Gasteiger partial charge < -0.3 is 4.42 Å². The van der Waals surface area contributed by atoms with Gasteiger partial charge >= 0.3 is 0 Å². The van der Waals surface area contributed by atoms with Gasteiger partial charge in [0.1, 0.15) is 11.5 Å². The average molecular weight is 314 g/mol. The molecular weight excluding hydrogens is 288 g/mol. The van der Waals surface area contributed by atoms with Crippen molar-refractivity contribution in [3.8, 4) is 0 Å². The molecule has 0 aromatic carbocycles. The molecule has 0 amide bonds. The Balaban J connectivity index is 1.85. The van der Waals surface area contributed by atoms with Crippen LogP contribution in [0.4, 0.5) is 0 Å². The molecule has 3 nitrogen and oxygen atoms in total. The molecule has 1 aromatic rings. The summed E-state index contributed by atoms with van der Waals surface area (Å²) in [5.41, 5.74) is 0.469. The van der Waals surface area contributed by atoms with Gasteiger partial charge in [-0.2, -0.15) is 0 Å². The standard InChI is InChI=1S/C20H26O3/c1-18(2)14-5-8-20(4)15(19(14,3)9-6-16(18)22)11-13(21)12-7-10-23-17(12)20/h7,10,14-15H,5-6,8-9,11H2,1-4H3/t14-,15+,19-,20+/m0/s1. The lowest BCUT2D eigenvalue weighted by Crippen LogP contribution is -2.60. The molecule has 2 saturated carbocycles. The Labute approximate surface area is 137 Å². The topological polar surface area (TPSA) is 47.3 Å². The van der Waals surface area contributed by atoms with Gasteiger partial charge in [-0.25, -0.2) is 0 Å². The van der Waals surface area contributed by atoms with E-state index in [1.165, 1.54) is 0 Å². The Morgan fingerprint density at radius 1 is 1.09 bits per heavy atom. The maximum Gasteiger partial charge on any atom is 0.166 e. The number of rotatable bonds is 0. The van der Waals surface area contributed by atoms with E-state index in [-0.39, 0.29) is 27.9 Å².